The summed E-state index contributed by atoms with van der Waals surface area (Å²) in [6.45, 7) is 0.253. The third-order valence-electron chi connectivity index (χ3n) is 4.18. The topological polar surface area (TPSA) is 61.4 Å². The summed E-state index contributed by atoms with van der Waals surface area (Å²) in [4.78, 5) is 26.0. The van der Waals surface area contributed by atoms with Gasteiger partial charge in [-0.1, -0.05) is 24.4 Å². The van der Waals surface area contributed by atoms with E-state index in [1.54, 1.807) is 19.0 Å². The normalized spacial score (nSPS) is 16.0. The van der Waals surface area contributed by atoms with Crippen molar-refractivity contribution in [3.05, 3.63) is 29.0 Å². The molecule has 0 saturated heterocycles. The van der Waals surface area contributed by atoms with Crippen LogP contribution in [0.3, 0.4) is 0 Å². The van der Waals surface area contributed by atoms with Gasteiger partial charge in [-0.25, -0.2) is 9.18 Å². The molecule has 1 saturated carbocycles. The Morgan fingerprint density at radius 1 is 1.30 bits per heavy atom. The largest absolute Gasteiger partial charge is 0.348 e. The van der Waals surface area contributed by atoms with E-state index in [-0.39, 0.29) is 23.2 Å². The van der Waals surface area contributed by atoms with Crippen LogP contribution in [-0.4, -0.2) is 37.5 Å². The summed E-state index contributed by atoms with van der Waals surface area (Å²) in [6, 6.07) is 3.24. The monoisotopic (exact) mass is 341 g/mol. The molecule has 0 aromatic heterocycles. The van der Waals surface area contributed by atoms with Gasteiger partial charge in [-0.05, 0) is 31.0 Å². The molecule has 0 aliphatic heterocycles. The maximum Gasteiger partial charge on any atom is 0.319 e. The van der Waals surface area contributed by atoms with Gasteiger partial charge in [-0.15, -0.1) is 0 Å². The Morgan fingerprint density at radius 2 is 1.96 bits per heavy atom. The van der Waals surface area contributed by atoms with E-state index in [0.29, 0.717) is 0 Å². The molecule has 1 fully saturated rings. The van der Waals surface area contributed by atoms with Gasteiger partial charge in [0.2, 0.25) is 5.91 Å². The number of carbonyl (C=O) groups excluding carboxylic acids is 2. The van der Waals surface area contributed by atoms with Gasteiger partial charge in [0.05, 0.1) is 16.1 Å². The summed E-state index contributed by atoms with van der Waals surface area (Å²) >= 11 is 5.92. The molecule has 126 valence electrons. The van der Waals surface area contributed by atoms with E-state index in [9.17, 15) is 14.0 Å². The zero-order valence-corrected chi connectivity index (χ0v) is 14.0. The minimum Gasteiger partial charge on any atom is -0.348 e. The lowest BCUT2D eigenvalue weighted by atomic mass is 9.84. The molecule has 1 aromatic carbocycles. The number of nitrogens with zero attached hydrogens (tertiary/aromatic N) is 1. The molecule has 23 heavy (non-hydrogen) atoms. The number of halogens is 2. The zero-order valence-electron chi connectivity index (χ0n) is 13.3. The molecule has 2 N–H and O–H groups in total. The third kappa shape index (κ3) is 4.13. The first-order valence-electron chi connectivity index (χ1n) is 7.56. The van der Waals surface area contributed by atoms with E-state index >= 15 is 0 Å². The van der Waals surface area contributed by atoms with Crippen LogP contribution >= 0.6 is 11.6 Å². The molecule has 1 aliphatic rings. The van der Waals surface area contributed by atoms with Crippen LogP contribution in [0.25, 0.3) is 0 Å². The van der Waals surface area contributed by atoms with Crippen molar-refractivity contribution in [2.45, 2.75) is 25.7 Å². The van der Waals surface area contributed by atoms with Crippen LogP contribution in [0.15, 0.2) is 18.2 Å². The Kier molecular flexibility index (Phi) is 5.46. The number of amides is 3. The number of hydrogen-bond donors (Lipinski definition) is 2. The molecule has 3 amide bonds. The Balaban J connectivity index is 1.99. The summed E-state index contributed by atoms with van der Waals surface area (Å²) in [7, 11) is 3.43. The van der Waals surface area contributed by atoms with Crippen LogP contribution < -0.4 is 10.6 Å². The molecule has 2 rings (SSSR count). The maximum atomic E-state index is 13.2. The number of urea groups is 1. The molecule has 0 heterocycles. The van der Waals surface area contributed by atoms with Crippen LogP contribution in [0.2, 0.25) is 5.02 Å². The molecule has 0 unspecified atom stereocenters. The maximum absolute atomic E-state index is 13.2. The average Bonchev–Trinajstić information content (AvgIpc) is 2.98. The van der Waals surface area contributed by atoms with Crippen molar-refractivity contribution >= 4 is 29.2 Å². The zero-order chi connectivity index (χ0) is 17.0. The molecule has 7 heteroatoms. The second kappa shape index (κ2) is 7.17. The van der Waals surface area contributed by atoms with E-state index in [2.05, 4.69) is 10.6 Å². The fraction of sp³-hybridized carbons (Fsp3) is 0.500. The minimum absolute atomic E-state index is 0.0269. The first-order chi connectivity index (χ1) is 10.8. The highest BCUT2D eigenvalue weighted by Gasteiger charge is 2.42. The summed E-state index contributed by atoms with van der Waals surface area (Å²) in [5.41, 5.74) is -0.351. The molecule has 0 radical (unpaired) electrons. The standard InChI is InChI=1S/C16H21ClFN3O2/c1-21(2)14(22)16(7-3-4-8-16)10-19-15(23)20-13-9-11(18)5-6-12(13)17/h5-6,9H,3-4,7-8,10H2,1-2H3,(H2,19,20,23). The highest BCUT2D eigenvalue weighted by atomic mass is 35.5. The van der Waals surface area contributed by atoms with Gasteiger partial charge in [0, 0.05) is 20.6 Å². The SMILES string of the molecule is CN(C)C(=O)C1(CNC(=O)Nc2cc(F)ccc2Cl)CCCC1. The van der Waals surface area contributed by atoms with Crippen molar-refractivity contribution in [2.75, 3.05) is 26.0 Å². The van der Waals surface area contributed by atoms with Gasteiger partial charge in [-0.2, -0.15) is 0 Å². The molecule has 0 spiro atoms. The lowest BCUT2D eigenvalue weighted by molar-refractivity contribution is -0.138. The van der Waals surface area contributed by atoms with Gasteiger partial charge in [0.25, 0.3) is 0 Å². The van der Waals surface area contributed by atoms with Crippen LogP contribution in [-0.2, 0) is 4.79 Å². The number of hydrogen-bond acceptors (Lipinski definition) is 2. The summed E-state index contributed by atoms with van der Waals surface area (Å²) in [5.74, 6) is -0.459. The van der Waals surface area contributed by atoms with E-state index in [1.165, 1.54) is 12.1 Å². The number of rotatable bonds is 4. The number of carbonyl (C=O) groups is 2. The van der Waals surface area contributed by atoms with Gasteiger partial charge in [0.15, 0.2) is 0 Å². The lowest BCUT2D eigenvalue weighted by Crippen LogP contribution is -2.47. The second-order valence-electron chi connectivity index (χ2n) is 6.12. The molecular formula is C16H21ClFN3O2. The van der Waals surface area contributed by atoms with Gasteiger partial charge < -0.3 is 15.5 Å². The van der Waals surface area contributed by atoms with Gasteiger partial charge in [-0.3, -0.25) is 4.79 Å². The number of anilines is 1. The van der Waals surface area contributed by atoms with E-state index in [4.69, 9.17) is 11.6 Å². The van der Waals surface area contributed by atoms with Crippen molar-refractivity contribution in [3.8, 4) is 0 Å². The van der Waals surface area contributed by atoms with Crippen LogP contribution in [0, 0.1) is 11.2 Å². The lowest BCUT2D eigenvalue weighted by Gasteiger charge is -2.30. The van der Waals surface area contributed by atoms with E-state index in [0.717, 1.165) is 31.7 Å². The van der Waals surface area contributed by atoms with Gasteiger partial charge >= 0.3 is 6.03 Å². The predicted octanol–water partition coefficient (Wildman–Crippen LogP) is 3.25. The van der Waals surface area contributed by atoms with E-state index < -0.39 is 17.3 Å². The Hall–Kier alpha value is -1.82. The van der Waals surface area contributed by atoms with E-state index in [1.807, 2.05) is 0 Å². The van der Waals surface area contributed by atoms with Crippen molar-refractivity contribution in [1.82, 2.24) is 10.2 Å². The average molecular weight is 342 g/mol. The third-order valence-corrected chi connectivity index (χ3v) is 4.51. The molecule has 1 aromatic rings. The van der Waals surface area contributed by atoms with Gasteiger partial charge in [0.1, 0.15) is 5.82 Å². The van der Waals surface area contributed by atoms with Crippen LogP contribution in [0.4, 0.5) is 14.9 Å². The summed E-state index contributed by atoms with van der Waals surface area (Å²) in [6.07, 6.45) is 3.45. The van der Waals surface area contributed by atoms with Crippen LogP contribution in [0.5, 0.6) is 0 Å². The highest BCUT2D eigenvalue weighted by molar-refractivity contribution is 6.33. The molecular weight excluding hydrogens is 321 g/mol. The molecule has 1 aliphatic carbocycles. The minimum atomic E-state index is -0.549. The van der Waals surface area contributed by atoms with Crippen molar-refractivity contribution < 1.29 is 14.0 Å². The van der Waals surface area contributed by atoms with Crippen molar-refractivity contribution in [1.29, 1.82) is 0 Å². The molecule has 0 atom stereocenters. The van der Waals surface area contributed by atoms with Crippen LogP contribution in [0.1, 0.15) is 25.7 Å². The quantitative estimate of drug-likeness (QED) is 0.883. The summed E-state index contributed by atoms with van der Waals surface area (Å²) in [5, 5.41) is 5.48. The van der Waals surface area contributed by atoms with Crippen molar-refractivity contribution in [2.24, 2.45) is 5.41 Å². The number of nitrogens with one attached hydrogen (secondary N) is 2. The fourth-order valence-electron chi connectivity index (χ4n) is 3.00. The summed E-state index contributed by atoms with van der Waals surface area (Å²) < 4.78 is 13.2. The Bertz CT molecular complexity index is 601. The molecule has 0 bridgehead atoms. The predicted molar refractivity (Wildman–Crippen MR) is 88.0 cm³/mol. The highest BCUT2D eigenvalue weighted by Crippen LogP contribution is 2.39. The molecule has 5 nitrogen and oxygen atoms in total. The Labute approximate surface area is 140 Å². The first kappa shape index (κ1) is 17.5. The first-order valence-corrected chi connectivity index (χ1v) is 7.93. The fourth-order valence-corrected chi connectivity index (χ4v) is 3.17. The number of benzene rings is 1. The Morgan fingerprint density at radius 3 is 2.57 bits per heavy atom. The second-order valence-corrected chi connectivity index (χ2v) is 6.53. The smallest absolute Gasteiger partial charge is 0.319 e. The van der Waals surface area contributed by atoms with Crippen molar-refractivity contribution in [3.63, 3.8) is 0 Å².